The second-order valence-electron chi connectivity index (χ2n) is 9.78. The highest BCUT2D eigenvalue weighted by molar-refractivity contribution is 5.85. The van der Waals surface area contributed by atoms with E-state index in [2.05, 4.69) is 11.8 Å². The van der Waals surface area contributed by atoms with Gasteiger partial charge in [0.2, 0.25) is 0 Å². The van der Waals surface area contributed by atoms with Gasteiger partial charge in [0.05, 0.1) is 38.5 Å². The molecule has 41 heavy (non-hydrogen) atoms. The number of hydrogen-bond donors (Lipinski definition) is 0. The van der Waals surface area contributed by atoms with Gasteiger partial charge in [-0.05, 0) is 49.6 Å². The largest absolute Gasteiger partial charge is 0.493 e. The molecular weight excluding hydrogens is 578 g/mol. The van der Waals surface area contributed by atoms with Crippen molar-refractivity contribution >= 4 is 24.2 Å². The van der Waals surface area contributed by atoms with Crippen molar-refractivity contribution in [1.29, 1.82) is 0 Å². The maximum atomic E-state index is 13.5. The molecule has 230 valence electrons. The fourth-order valence-corrected chi connectivity index (χ4v) is 5.11. The summed E-state index contributed by atoms with van der Waals surface area (Å²) in [5.41, 5.74) is -1.86. The Morgan fingerprint density at radius 1 is 0.927 bits per heavy atom. The van der Waals surface area contributed by atoms with Crippen LogP contribution in [0.1, 0.15) is 67.8 Å². The number of halogens is 7. The van der Waals surface area contributed by atoms with Crippen LogP contribution in [0, 0.1) is 0 Å². The molecule has 13 heteroatoms. The molecule has 0 spiro atoms. The number of hydrogen-bond acceptors (Lipinski definition) is 5. The van der Waals surface area contributed by atoms with Gasteiger partial charge in [0.25, 0.3) is 0 Å². The number of methoxy groups -OCH3 is 3. The Morgan fingerprint density at radius 2 is 1.49 bits per heavy atom. The molecule has 0 N–H and O–H groups in total. The minimum Gasteiger partial charge on any atom is -0.493 e. The molecule has 1 aliphatic heterocycles. The first-order chi connectivity index (χ1) is 18.7. The van der Waals surface area contributed by atoms with Crippen molar-refractivity contribution in [3.05, 3.63) is 52.6 Å². The predicted octanol–water partition coefficient (Wildman–Crippen LogP) is 8.26. The lowest BCUT2D eigenvalue weighted by Crippen LogP contribution is -2.45. The molecule has 2 aromatic rings. The lowest BCUT2D eigenvalue weighted by molar-refractivity contribution is -0.143. The fourth-order valence-electron chi connectivity index (χ4n) is 5.11. The van der Waals surface area contributed by atoms with Gasteiger partial charge in [-0.1, -0.05) is 19.8 Å². The third kappa shape index (κ3) is 7.84. The van der Waals surface area contributed by atoms with Gasteiger partial charge in [0, 0.05) is 36.4 Å². The smallest absolute Gasteiger partial charge is 0.416 e. The van der Waals surface area contributed by atoms with Crippen molar-refractivity contribution in [2.45, 2.75) is 70.5 Å². The molecule has 0 aliphatic carbocycles. The number of fused-ring (bicyclic) bond motifs is 1. The zero-order chi connectivity index (χ0) is 29.8. The molecule has 0 unspecified atom stereocenters. The molecule has 2 atom stereocenters. The molecule has 1 aliphatic rings. The standard InChI is InChI=1S/C28H34F6N2O4.ClH/c1-6-7-8-9-35-17(2)10-22(21-14-24(38-3)25(39-4)15-23(21)35)36(26(37)40-5)16-18-11-19(27(29,30)31)13-20(12-18)28(32,33)34;/h11-15,17,22H,6-10,16H2,1-5H3;1H/t17-,22+;/m0./s1. The van der Waals surface area contributed by atoms with Crippen LogP contribution >= 0.6 is 12.4 Å². The van der Waals surface area contributed by atoms with Gasteiger partial charge in [-0.15, -0.1) is 12.4 Å². The number of rotatable bonds is 9. The lowest BCUT2D eigenvalue weighted by Gasteiger charge is -2.44. The van der Waals surface area contributed by atoms with E-state index in [-0.39, 0.29) is 30.1 Å². The molecule has 0 saturated heterocycles. The highest BCUT2D eigenvalue weighted by Crippen LogP contribution is 2.46. The van der Waals surface area contributed by atoms with Crippen LogP contribution in [0.25, 0.3) is 0 Å². The molecular formula is C28H35ClF6N2O4. The molecule has 0 radical (unpaired) electrons. The van der Waals surface area contributed by atoms with Gasteiger partial charge in [-0.3, -0.25) is 4.90 Å². The highest BCUT2D eigenvalue weighted by Gasteiger charge is 2.40. The SMILES string of the molecule is CCCCCN1c2cc(OC)c(OC)cc2[C@H](N(Cc2cc(C(F)(F)F)cc(C(F)(F)F)c2)C(=O)OC)C[C@@H]1C.Cl. The second kappa shape index (κ2) is 13.8. The van der Waals surface area contributed by atoms with Crippen LogP contribution in [0.4, 0.5) is 36.8 Å². The van der Waals surface area contributed by atoms with E-state index in [0.29, 0.717) is 42.2 Å². The molecule has 3 rings (SSSR count). The average molecular weight is 613 g/mol. The van der Waals surface area contributed by atoms with Crippen LogP contribution in [0.5, 0.6) is 11.5 Å². The Labute approximate surface area is 241 Å². The van der Waals surface area contributed by atoms with Gasteiger partial charge < -0.3 is 19.1 Å². The van der Waals surface area contributed by atoms with E-state index >= 15 is 0 Å². The van der Waals surface area contributed by atoms with E-state index in [4.69, 9.17) is 14.2 Å². The second-order valence-corrected chi connectivity index (χ2v) is 9.78. The zero-order valence-corrected chi connectivity index (χ0v) is 24.3. The molecule has 0 fully saturated rings. The van der Waals surface area contributed by atoms with E-state index < -0.39 is 42.2 Å². The van der Waals surface area contributed by atoms with E-state index in [9.17, 15) is 31.1 Å². The average Bonchev–Trinajstić information content (AvgIpc) is 2.90. The number of unbranched alkanes of at least 4 members (excludes halogenated alkanes) is 2. The molecule has 6 nitrogen and oxygen atoms in total. The Morgan fingerprint density at radius 3 is 1.98 bits per heavy atom. The first-order valence-electron chi connectivity index (χ1n) is 12.9. The van der Waals surface area contributed by atoms with Gasteiger partial charge in [-0.25, -0.2) is 4.79 Å². The van der Waals surface area contributed by atoms with Crippen LogP contribution in [-0.2, 0) is 23.6 Å². The molecule has 1 amide bonds. The first-order valence-corrected chi connectivity index (χ1v) is 12.9. The van der Waals surface area contributed by atoms with Crippen molar-refractivity contribution in [2.75, 3.05) is 32.8 Å². The summed E-state index contributed by atoms with van der Waals surface area (Å²) in [5.74, 6) is 0.824. The minimum absolute atomic E-state index is 0. The quantitative estimate of drug-likeness (QED) is 0.211. The summed E-state index contributed by atoms with van der Waals surface area (Å²) in [6, 6.07) is 3.95. The maximum absolute atomic E-state index is 13.5. The molecule has 0 aromatic heterocycles. The summed E-state index contributed by atoms with van der Waals surface area (Å²) >= 11 is 0. The van der Waals surface area contributed by atoms with Crippen LogP contribution in [0.3, 0.4) is 0 Å². The molecule has 0 saturated carbocycles. The summed E-state index contributed by atoms with van der Waals surface area (Å²) in [5, 5.41) is 0. The molecule has 2 aromatic carbocycles. The number of anilines is 1. The molecule has 0 bridgehead atoms. The zero-order valence-electron chi connectivity index (χ0n) is 23.5. The summed E-state index contributed by atoms with van der Waals surface area (Å²) in [6.07, 6.45) is -7.64. The van der Waals surface area contributed by atoms with Crippen LogP contribution in [0.2, 0.25) is 0 Å². The van der Waals surface area contributed by atoms with Gasteiger partial charge in [0.15, 0.2) is 11.5 Å². The number of ether oxygens (including phenoxy) is 3. The van der Waals surface area contributed by atoms with Crippen LogP contribution in [-0.4, -0.2) is 44.9 Å². The predicted molar refractivity (Wildman–Crippen MR) is 145 cm³/mol. The van der Waals surface area contributed by atoms with Crippen molar-refractivity contribution in [3.8, 4) is 11.5 Å². The monoisotopic (exact) mass is 612 g/mol. The number of nitrogens with zero attached hydrogens (tertiary/aromatic N) is 2. The van der Waals surface area contributed by atoms with E-state index in [0.717, 1.165) is 32.1 Å². The summed E-state index contributed by atoms with van der Waals surface area (Å²) < 4.78 is 97.1. The summed E-state index contributed by atoms with van der Waals surface area (Å²) in [4.78, 5) is 16.4. The number of amides is 1. The van der Waals surface area contributed by atoms with E-state index in [1.165, 1.54) is 19.1 Å². The van der Waals surface area contributed by atoms with E-state index in [1.807, 2.05) is 6.92 Å². The first kappa shape index (κ1) is 34.2. The van der Waals surface area contributed by atoms with Crippen molar-refractivity contribution < 1.29 is 45.3 Å². The summed E-state index contributed by atoms with van der Waals surface area (Å²) in [6.45, 7) is 4.22. The third-order valence-corrected chi connectivity index (χ3v) is 7.09. The van der Waals surface area contributed by atoms with Gasteiger partial charge in [0.1, 0.15) is 0 Å². The van der Waals surface area contributed by atoms with Crippen molar-refractivity contribution in [3.63, 3.8) is 0 Å². The molecule has 1 heterocycles. The number of carbonyl (C=O) groups excluding carboxylic acids is 1. The Kier molecular flexibility index (Phi) is 11.5. The van der Waals surface area contributed by atoms with Crippen LogP contribution < -0.4 is 14.4 Å². The van der Waals surface area contributed by atoms with Gasteiger partial charge >= 0.3 is 18.4 Å². The lowest BCUT2D eigenvalue weighted by atomic mass is 9.89. The Bertz CT molecular complexity index is 1160. The maximum Gasteiger partial charge on any atom is 0.416 e. The van der Waals surface area contributed by atoms with Crippen molar-refractivity contribution in [2.24, 2.45) is 0 Å². The third-order valence-electron chi connectivity index (χ3n) is 7.09. The van der Waals surface area contributed by atoms with Gasteiger partial charge in [-0.2, -0.15) is 26.3 Å². The fraction of sp³-hybridized carbons (Fsp3) is 0.536. The topological polar surface area (TPSA) is 51.2 Å². The number of benzene rings is 2. The summed E-state index contributed by atoms with van der Waals surface area (Å²) in [7, 11) is 4.05. The normalized spacial score (nSPS) is 16.9. The van der Waals surface area contributed by atoms with E-state index in [1.54, 1.807) is 12.1 Å². The minimum atomic E-state index is -5.01. The van der Waals surface area contributed by atoms with Crippen LogP contribution in [0.15, 0.2) is 30.3 Å². The highest BCUT2D eigenvalue weighted by atomic mass is 35.5. The number of carbonyl (C=O) groups is 1. The van der Waals surface area contributed by atoms with Crippen molar-refractivity contribution in [1.82, 2.24) is 4.90 Å². The Balaban J connectivity index is 0.00000588. The number of alkyl halides is 6. The Hall–Kier alpha value is -3.02.